The highest BCUT2D eigenvalue weighted by Gasteiger charge is 2.54. The Hall–Kier alpha value is -3.87. The molecule has 0 aromatic heterocycles. The van der Waals surface area contributed by atoms with Crippen molar-refractivity contribution in [3.63, 3.8) is 0 Å². The zero-order chi connectivity index (χ0) is 44.3. The number of likely N-dealkylation sites (tertiary alicyclic amines) is 3. The first-order chi connectivity index (χ1) is 29.5. The minimum atomic E-state index is -4.05. The van der Waals surface area contributed by atoms with Crippen LogP contribution in [0.25, 0.3) is 0 Å². The number of nitrogens with one attached hydrogen (secondary N) is 2. The molecular formula is C44H61F3N6O7S2. The van der Waals surface area contributed by atoms with Crippen LogP contribution in [0.2, 0.25) is 0 Å². The molecule has 2 N–H and O–H groups in total. The Morgan fingerprint density at radius 1 is 0.903 bits per heavy atom. The lowest BCUT2D eigenvalue weighted by Gasteiger charge is -2.54. The van der Waals surface area contributed by atoms with Crippen molar-refractivity contribution in [2.24, 2.45) is 11.8 Å². The van der Waals surface area contributed by atoms with E-state index in [1.807, 2.05) is 6.07 Å². The normalized spacial score (nSPS) is 25.1. The van der Waals surface area contributed by atoms with Crippen LogP contribution in [-0.2, 0) is 29.8 Å². The molecular weight excluding hydrogens is 846 g/mol. The van der Waals surface area contributed by atoms with Gasteiger partial charge in [-0.05, 0) is 119 Å². The molecule has 3 amide bonds. The van der Waals surface area contributed by atoms with Crippen molar-refractivity contribution >= 4 is 37.5 Å². The van der Waals surface area contributed by atoms with Gasteiger partial charge >= 0.3 is 12.1 Å². The van der Waals surface area contributed by atoms with E-state index in [0.717, 1.165) is 81.5 Å². The van der Waals surface area contributed by atoms with Gasteiger partial charge in [0, 0.05) is 55.8 Å². The maximum Gasteiger partial charge on any atom is 0.407 e. The molecule has 5 fully saturated rings. The topological polar surface area (TPSA) is 149 Å². The van der Waals surface area contributed by atoms with Crippen molar-refractivity contribution in [2.45, 2.75) is 85.1 Å². The Balaban J connectivity index is 0.983. The summed E-state index contributed by atoms with van der Waals surface area (Å²) in [6.45, 7) is 4.21. The summed E-state index contributed by atoms with van der Waals surface area (Å²) in [5, 5.41) is 5.72. The van der Waals surface area contributed by atoms with Crippen molar-refractivity contribution < 1.29 is 44.3 Å². The number of alkyl carbamates (subject to hydrolysis) is 1. The Labute approximate surface area is 364 Å². The number of ether oxygens (including phenoxy) is 1. The van der Waals surface area contributed by atoms with Gasteiger partial charge in [-0.25, -0.2) is 39.6 Å². The number of carbonyl (C=O) groups is 2. The molecule has 2 aromatic rings. The second-order valence-electron chi connectivity index (χ2n) is 18.1. The first-order valence-corrected chi connectivity index (χ1v) is 25.4. The highest BCUT2D eigenvalue weighted by atomic mass is 32.2. The predicted octanol–water partition coefficient (Wildman–Crippen LogP) is 5.27. The van der Waals surface area contributed by atoms with Crippen molar-refractivity contribution in [1.82, 2.24) is 25.3 Å². The number of amides is 3. The third-order valence-electron chi connectivity index (χ3n) is 13.9. The number of hydrogen-bond donors (Lipinski definition) is 2. The maximum atomic E-state index is 16.4. The first kappa shape index (κ1) is 46.1. The summed E-state index contributed by atoms with van der Waals surface area (Å²) in [7, 11) is -6.04. The van der Waals surface area contributed by atoms with Crippen molar-refractivity contribution in [1.29, 1.82) is 0 Å². The highest BCUT2D eigenvalue weighted by Crippen LogP contribution is 2.52. The number of benzene rings is 2. The quantitative estimate of drug-likeness (QED) is 0.257. The van der Waals surface area contributed by atoms with Crippen molar-refractivity contribution in [3.8, 4) is 0 Å². The average Bonchev–Trinajstić information content (AvgIpc) is 3.51. The summed E-state index contributed by atoms with van der Waals surface area (Å²) in [5.74, 6) is -0.851. The molecule has 7 rings (SSSR count). The molecule has 0 radical (unpaired) electrons. The van der Waals surface area contributed by atoms with E-state index in [1.54, 1.807) is 17.0 Å². The molecule has 5 aliphatic rings. The smallest absolute Gasteiger partial charge is 0.407 e. The SMILES string of the molecule is COC(=O)N[C@H]1CCC[C@@H]1C(CN1CCC1)(c1cccc(F)c1)C1CCN(CC2(F)CN(c3ccc(S(=O)(=O)[C@H]4CCCCN(C(=O)NC/C=C/S(C)(=O)=O)C4)cc3F)C2)CC1. The van der Waals surface area contributed by atoms with Gasteiger partial charge in [0.05, 0.1) is 36.0 Å². The van der Waals surface area contributed by atoms with Crippen molar-refractivity contribution in [2.75, 3.05) is 90.3 Å². The van der Waals surface area contributed by atoms with Gasteiger partial charge in [-0.1, -0.05) is 31.1 Å². The number of methoxy groups -OCH3 is 1. The molecule has 4 atom stereocenters. The van der Waals surface area contributed by atoms with Gasteiger partial charge in [0.25, 0.3) is 0 Å². The number of alkyl halides is 1. The number of nitrogens with zero attached hydrogens (tertiary/aromatic N) is 4. The molecule has 0 bridgehead atoms. The van der Waals surface area contributed by atoms with Crippen LogP contribution in [0.15, 0.2) is 58.8 Å². The summed E-state index contributed by atoms with van der Waals surface area (Å²) < 4.78 is 102. The summed E-state index contributed by atoms with van der Waals surface area (Å²) in [5.41, 5.74) is -0.981. The molecule has 2 aromatic carbocycles. The number of anilines is 1. The molecule has 4 heterocycles. The summed E-state index contributed by atoms with van der Waals surface area (Å²) in [4.78, 5) is 32.7. The lowest BCUT2D eigenvalue weighted by molar-refractivity contribution is 0.00575. The Kier molecular flexibility index (Phi) is 14.2. The molecule has 13 nitrogen and oxygen atoms in total. The second-order valence-corrected chi connectivity index (χ2v) is 22.3. The third kappa shape index (κ3) is 10.4. The number of sulfone groups is 2. The van der Waals surface area contributed by atoms with Gasteiger partial charge in [0.2, 0.25) is 0 Å². The summed E-state index contributed by atoms with van der Waals surface area (Å²) >= 11 is 0. The first-order valence-electron chi connectivity index (χ1n) is 21.9. The maximum absolute atomic E-state index is 16.4. The monoisotopic (exact) mass is 906 g/mol. The molecule has 0 spiro atoms. The molecule has 1 aliphatic carbocycles. The lowest BCUT2D eigenvalue weighted by Crippen LogP contribution is -2.65. The molecule has 18 heteroatoms. The third-order valence-corrected chi connectivity index (χ3v) is 16.8. The van der Waals surface area contributed by atoms with Crippen LogP contribution in [0.3, 0.4) is 0 Å². The number of urea groups is 1. The minimum Gasteiger partial charge on any atom is -0.453 e. The van der Waals surface area contributed by atoms with Gasteiger partial charge in [-0.15, -0.1) is 0 Å². The van der Waals surface area contributed by atoms with Gasteiger partial charge in [-0.2, -0.15) is 0 Å². The fraction of sp³-hybridized carbons (Fsp3) is 0.636. The van der Waals surface area contributed by atoms with E-state index in [9.17, 15) is 26.4 Å². The predicted molar refractivity (Wildman–Crippen MR) is 231 cm³/mol. The summed E-state index contributed by atoms with van der Waals surface area (Å²) in [6, 6.07) is 10.0. The number of carbonyl (C=O) groups excluding carboxylic acids is 2. The van der Waals surface area contributed by atoms with E-state index in [-0.39, 0.29) is 73.4 Å². The number of halogens is 3. The average molecular weight is 907 g/mol. The molecule has 62 heavy (non-hydrogen) atoms. The van der Waals surface area contributed by atoms with Gasteiger partial charge in [0.15, 0.2) is 25.3 Å². The zero-order valence-electron chi connectivity index (χ0n) is 35.7. The van der Waals surface area contributed by atoms with Crippen LogP contribution in [-0.4, -0.2) is 146 Å². The van der Waals surface area contributed by atoms with Crippen LogP contribution in [0.4, 0.5) is 28.4 Å². The number of rotatable bonds is 14. The van der Waals surface area contributed by atoms with Crippen LogP contribution >= 0.6 is 0 Å². The number of hydrogen-bond acceptors (Lipinski definition) is 10. The van der Waals surface area contributed by atoms with Crippen LogP contribution in [0, 0.1) is 23.5 Å². The van der Waals surface area contributed by atoms with E-state index < -0.39 is 53.9 Å². The van der Waals surface area contributed by atoms with Crippen LogP contribution < -0.4 is 15.5 Å². The lowest BCUT2D eigenvalue weighted by atomic mass is 9.57. The molecule has 342 valence electrons. The Morgan fingerprint density at radius 3 is 2.32 bits per heavy atom. The molecule has 1 saturated carbocycles. The zero-order valence-corrected chi connectivity index (χ0v) is 37.4. The van der Waals surface area contributed by atoms with E-state index in [1.165, 1.54) is 36.3 Å². The Morgan fingerprint density at radius 2 is 1.66 bits per heavy atom. The van der Waals surface area contributed by atoms with Crippen LogP contribution in [0.1, 0.15) is 63.4 Å². The fourth-order valence-corrected chi connectivity index (χ4v) is 13.0. The fourth-order valence-electron chi connectivity index (χ4n) is 10.8. The molecule has 4 aliphatic heterocycles. The number of piperidine rings is 1. The largest absolute Gasteiger partial charge is 0.453 e. The van der Waals surface area contributed by atoms with Crippen LogP contribution in [0.5, 0.6) is 0 Å². The molecule has 1 unspecified atom stereocenters. The summed E-state index contributed by atoms with van der Waals surface area (Å²) in [6.07, 6.45) is 8.56. The van der Waals surface area contributed by atoms with E-state index in [4.69, 9.17) is 4.74 Å². The highest BCUT2D eigenvalue weighted by molar-refractivity contribution is 7.93. The Bertz CT molecular complexity index is 2180. The van der Waals surface area contributed by atoms with Crippen molar-refractivity contribution in [3.05, 3.63) is 71.1 Å². The van der Waals surface area contributed by atoms with E-state index in [2.05, 4.69) is 20.4 Å². The van der Waals surface area contributed by atoms with E-state index in [0.29, 0.717) is 32.5 Å². The molecule has 4 saturated heterocycles. The van der Waals surface area contributed by atoms with Gasteiger partial charge < -0.3 is 30.1 Å². The standard InChI is InChI=1S/C44H61F3N6O7S2/c1-60-42(55)49-39-13-6-12-37(39)44(31-50-19-8-20-50,33-9-5-10-34(45)25-33)32-16-22-51(23-17-32)28-43(47)29-53(30-43)40-15-14-35(26-38(40)46)62(58,59)36-11-3-4-21-52(27-36)41(54)48-18-7-24-61(2,56)57/h5,7,9-10,14-15,24-26,32,36-37,39H,3-4,6,8,11-13,16-23,27-31H2,1-2H3,(H,48,54)(H,49,55)/b24-7+/t36-,37-,39-,44?/m0/s1. The van der Waals surface area contributed by atoms with Gasteiger partial charge in [-0.3, -0.25) is 4.90 Å². The van der Waals surface area contributed by atoms with Gasteiger partial charge in [0.1, 0.15) is 11.6 Å². The minimum absolute atomic E-state index is 0.0427. The second kappa shape index (κ2) is 19.1. The van der Waals surface area contributed by atoms with E-state index >= 15 is 13.2 Å².